The Balaban J connectivity index is 1.58. The number of carbonyl (C=O) groups excluding carboxylic acids is 2. The van der Waals surface area contributed by atoms with E-state index < -0.39 is 6.10 Å². The lowest BCUT2D eigenvalue weighted by Crippen LogP contribution is -2.58. The minimum Gasteiger partial charge on any atom is -0.458 e. The quantitative estimate of drug-likeness (QED) is 0.676. The monoisotopic (exact) mass is 356 g/mol. The van der Waals surface area contributed by atoms with Gasteiger partial charge in [-0.1, -0.05) is 26.0 Å². The molecule has 1 saturated heterocycles. The van der Waals surface area contributed by atoms with Gasteiger partial charge >= 0.3 is 5.97 Å². The maximum absolute atomic E-state index is 11.9. The summed E-state index contributed by atoms with van der Waals surface area (Å²) < 4.78 is 5.93. The molecule has 3 fully saturated rings. The van der Waals surface area contributed by atoms with Crippen molar-refractivity contribution in [2.24, 2.45) is 28.6 Å². The molecule has 1 aliphatic heterocycles. The van der Waals surface area contributed by atoms with Crippen molar-refractivity contribution in [3.05, 3.63) is 23.8 Å². The fraction of sp³-hybridized carbons (Fsp3) is 0.727. The Bertz CT molecular complexity index is 751. The van der Waals surface area contributed by atoms with E-state index in [4.69, 9.17) is 4.74 Å². The van der Waals surface area contributed by atoms with E-state index in [2.05, 4.69) is 26.0 Å². The normalized spacial score (nSPS) is 52.3. The largest absolute Gasteiger partial charge is 0.458 e. The Morgan fingerprint density at radius 1 is 1.15 bits per heavy atom. The highest BCUT2D eigenvalue weighted by molar-refractivity contribution is 5.92. The number of aliphatic hydroxyl groups excluding tert-OH is 1. The number of hydrogen-bond acceptors (Lipinski definition) is 4. The Hall–Kier alpha value is -1.42. The van der Waals surface area contributed by atoms with E-state index in [9.17, 15) is 14.7 Å². The van der Waals surface area contributed by atoms with Gasteiger partial charge in [-0.15, -0.1) is 0 Å². The van der Waals surface area contributed by atoms with Crippen molar-refractivity contribution < 1.29 is 19.4 Å². The predicted octanol–water partition coefficient (Wildman–Crippen LogP) is 3.34. The van der Waals surface area contributed by atoms with Crippen LogP contribution in [-0.2, 0) is 14.3 Å². The van der Waals surface area contributed by atoms with Crippen LogP contribution < -0.4 is 0 Å². The smallest absolute Gasteiger partial charge is 0.306 e. The molecule has 1 spiro atoms. The number of rotatable bonds is 0. The lowest BCUT2D eigenvalue weighted by molar-refractivity contribution is -0.177. The van der Waals surface area contributed by atoms with Crippen molar-refractivity contribution in [1.82, 2.24) is 0 Å². The molecule has 2 saturated carbocycles. The molecule has 26 heavy (non-hydrogen) atoms. The van der Waals surface area contributed by atoms with E-state index in [1.165, 1.54) is 0 Å². The maximum atomic E-state index is 11.9. The fourth-order valence-electron chi connectivity index (χ4n) is 7.41. The molecule has 5 rings (SSSR count). The average molecular weight is 356 g/mol. The summed E-state index contributed by atoms with van der Waals surface area (Å²) in [5.41, 5.74) is 0.425. The van der Waals surface area contributed by atoms with Crippen molar-refractivity contribution in [2.75, 3.05) is 0 Å². The van der Waals surface area contributed by atoms with Crippen molar-refractivity contribution in [3.63, 3.8) is 0 Å². The van der Waals surface area contributed by atoms with E-state index in [0.717, 1.165) is 31.3 Å². The third kappa shape index (κ3) is 1.89. The number of ketones is 1. The van der Waals surface area contributed by atoms with Crippen LogP contribution in [0, 0.1) is 28.6 Å². The van der Waals surface area contributed by atoms with E-state index in [1.807, 2.05) is 0 Å². The highest BCUT2D eigenvalue weighted by Crippen LogP contribution is 2.68. The highest BCUT2D eigenvalue weighted by Gasteiger charge is 2.68. The predicted molar refractivity (Wildman–Crippen MR) is 96.1 cm³/mol. The Kier molecular flexibility index (Phi) is 3.28. The van der Waals surface area contributed by atoms with E-state index >= 15 is 0 Å². The van der Waals surface area contributed by atoms with Crippen molar-refractivity contribution in [1.29, 1.82) is 0 Å². The molecular formula is C22H28O4. The summed E-state index contributed by atoms with van der Waals surface area (Å²) in [7, 11) is 0. The summed E-state index contributed by atoms with van der Waals surface area (Å²) >= 11 is 0. The van der Waals surface area contributed by atoms with Gasteiger partial charge in [0.25, 0.3) is 0 Å². The Morgan fingerprint density at radius 2 is 1.96 bits per heavy atom. The minimum atomic E-state index is -0.429. The van der Waals surface area contributed by atoms with Gasteiger partial charge in [-0.3, -0.25) is 9.59 Å². The van der Waals surface area contributed by atoms with Crippen LogP contribution in [0.15, 0.2) is 23.8 Å². The van der Waals surface area contributed by atoms with Gasteiger partial charge in [0.1, 0.15) is 5.60 Å². The van der Waals surface area contributed by atoms with Gasteiger partial charge in [-0.2, -0.15) is 0 Å². The topological polar surface area (TPSA) is 63.6 Å². The van der Waals surface area contributed by atoms with Crippen LogP contribution in [0.25, 0.3) is 0 Å². The number of fused-ring (bicyclic) bond motifs is 6. The number of esters is 1. The maximum Gasteiger partial charge on any atom is 0.306 e. The molecule has 0 bridgehead atoms. The molecular weight excluding hydrogens is 328 g/mol. The molecule has 4 heteroatoms. The summed E-state index contributed by atoms with van der Waals surface area (Å²) in [4.78, 5) is 23.8. The van der Waals surface area contributed by atoms with Crippen molar-refractivity contribution >= 4 is 11.8 Å². The number of aliphatic hydroxyl groups is 1. The average Bonchev–Trinajstić information content (AvgIpc) is 3.09. The highest BCUT2D eigenvalue weighted by atomic mass is 16.6. The molecule has 7 atom stereocenters. The van der Waals surface area contributed by atoms with Crippen LogP contribution in [0.4, 0.5) is 0 Å². The van der Waals surface area contributed by atoms with E-state index in [0.29, 0.717) is 25.2 Å². The first-order valence-corrected chi connectivity index (χ1v) is 10.1. The van der Waals surface area contributed by atoms with Gasteiger partial charge in [0.2, 0.25) is 0 Å². The number of ether oxygens (including phenoxy) is 1. The van der Waals surface area contributed by atoms with Gasteiger partial charge in [0.05, 0.1) is 6.10 Å². The zero-order valence-corrected chi connectivity index (χ0v) is 15.7. The van der Waals surface area contributed by atoms with Crippen LogP contribution in [0.2, 0.25) is 0 Å². The molecule has 5 aliphatic rings. The second-order valence-electron chi connectivity index (χ2n) is 9.75. The van der Waals surface area contributed by atoms with Crippen LogP contribution in [0.1, 0.15) is 58.8 Å². The van der Waals surface area contributed by atoms with Crippen LogP contribution >= 0.6 is 0 Å². The summed E-state index contributed by atoms with van der Waals surface area (Å²) in [6.07, 6.45) is 11.1. The number of carbonyl (C=O) groups is 2. The van der Waals surface area contributed by atoms with Crippen LogP contribution in [0.5, 0.6) is 0 Å². The summed E-state index contributed by atoms with van der Waals surface area (Å²) in [5, 5.41) is 11.3. The summed E-state index contributed by atoms with van der Waals surface area (Å²) in [6.45, 7) is 4.48. The third-order valence-electron chi connectivity index (χ3n) is 8.79. The summed E-state index contributed by atoms with van der Waals surface area (Å²) in [6, 6.07) is 0. The zero-order valence-electron chi connectivity index (χ0n) is 15.7. The van der Waals surface area contributed by atoms with Crippen molar-refractivity contribution in [3.8, 4) is 0 Å². The first-order chi connectivity index (χ1) is 12.3. The number of allylic oxidation sites excluding steroid dienone is 4. The zero-order chi connectivity index (χ0) is 18.3. The van der Waals surface area contributed by atoms with Crippen LogP contribution in [0.3, 0.4) is 0 Å². The second-order valence-corrected chi connectivity index (χ2v) is 9.75. The Morgan fingerprint density at radius 3 is 2.69 bits per heavy atom. The molecule has 1 N–H and O–H groups in total. The van der Waals surface area contributed by atoms with Gasteiger partial charge in [0.15, 0.2) is 5.78 Å². The SMILES string of the molecule is C[C@]12CCC(=O)C=C1C=C[C@@H]1C2[C@H](O)C[C@@]2(C)[C@H]1CCC21CCC(=O)O1. The van der Waals surface area contributed by atoms with E-state index in [1.54, 1.807) is 6.08 Å². The van der Waals surface area contributed by atoms with Gasteiger partial charge in [-0.05, 0) is 61.0 Å². The van der Waals surface area contributed by atoms with Crippen molar-refractivity contribution in [2.45, 2.75) is 70.5 Å². The molecule has 4 aliphatic carbocycles. The molecule has 1 heterocycles. The van der Waals surface area contributed by atoms with Gasteiger partial charge < -0.3 is 9.84 Å². The molecule has 0 amide bonds. The molecule has 2 unspecified atom stereocenters. The molecule has 140 valence electrons. The molecule has 0 aromatic heterocycles. The standard InChI is InChI=1S/C22H28O4/c1-20-8-5-14(23)11-13(20)3-4-15-16-6-9-22(10-7-18(25)26-22)21(16,2)12-17(24)19(15)20/h3-4,11,15-17,19,24H,5-10,12H2,1-2H3/t15-,16-,17+,19?,20-,21-,22?/m0/s1. The molecule has 0 radical (unpaired) electrons. The van der Waals surface area contributed by atoms with Gasteiger partial charge in [-0.25, -0.2) is 0 Å². The Labute approximate surface area is 154 Å². The van der Waals surface area contributed by atoms with Gasteiger partial charge in [0, 0.05) is 24.2 Å². The fourth-order valence-corrected chi connectivity index (χ4v) is 7.41. The molecule has 0 aromatic rings. The summed E-state index contributed by atoms with van der Waals surface area (Å²) in [5.74, 6) is 0.989. The first kappa shape index (κ1) is 16.7. The first-order valence-electron chi connectivity index (χ1n) is 10.1. The lowest BCUT2D eigenvalue weighted by atomic mass is 9.47. The molecule has 0 aromatic carbocycles. The second kappa shape index (κ2) is 5.09. The minimum absolute atomic E-state index is 0.0781. The van der Waals surface area contributed by atoms with Crippen LogP contribution in [-0.4, -0.2) is 28.6 Å². The number of hydrogen-bond donors (Lipinski definition) is 1. The lowest BCUT2D eigenvalue weighted by Gasteiger charge is -2.58. The third-order valence-corrected chi connectivity index (χ3v) is 8.79. The molecule has 4 nitrogen and oxygen atoms in total. The van der Waals surface area contributed by atoms with E-state index in [-0.39, 0.29) is 40.0 Å².